The van der Waals surface area contributed by atoms with Gasteiger partial charge in [-0.2, -0.15) is 0 Å². The molecule has 0 atom stereocenters. The molecule has 0 heterocycles. The maximum absolute atomic E-state index is 11.6. The number of hydrogen-bond donors (Lipinski definition) is 1. The summed E-state index contributed by atoms with van der Waals surface area (Å²) < 4.78 is 5.12. The average Bonchev–Trinajstić information content (AvgIpc) is 2.20. The molecule has 0 aromatic heterocycles. The number of benzene rings is 1. The van der Waals surface area contributed by atoms with Gasteiger partial charge in [-0.25, -0.2) is 0 Å². The standard InChI is InChI=1S/C13H19NO2/c1-9(2)7-13(15)14-12-8-11(16-4)6-5-10(12)3/h5-6,8-9H,7H2,1-4H3,(H,14,15). The van der Waals surface area contributed by atoms with Crippen molar-refractivity contribution >= 4 is 11.6 Å². The van der Waals surface area contributed by atoms with E-state index in [4.69, 9.17) is 4.74 Å². The van der Waals surface area contributed by atoms with Crippen LogP contribution in [0.4, 0.5) is 5.69 Å². The quantitative estimate of drug-likeness (QED) is 0.848. The minimum atomic E-state index is 0.0475. The van der Waals surface area contributed by atoms with Crippen molar-refractivity contribution < 1.29 is 9.53 Å². The SMILES string of the molecule is COc1ccc(C)c(NC(=O)CC(C)C)c1. The van der Waals surface area contributed by atoms with Crippen molar-refractivity contribution in [2.75, 3.05) is 12.4 Å². The van der Waals surface area contributed by atoms with Gasteiger partial charge < -0.3 is 10.1 Å². The molecule has 0 saturated carbocycles. The van der Waals surface area contributed by atoms with Gasteiger partial charge >= 0.3 is 0 Å². The van der Waals surface area contributed by atoms with Crippen molar-refractivity contribution in [3.05, 3.63) is 23.8 Å². The van der Waals surface area contributed by atoms with Gasteiger partial charge in [-0.05, 0) is 24.5 Å². The van der Waals surface area contributed by atoms with Crippen molar-refractivity contribution in [2.24, 2.45) is 5.92 Å². The first kappa shape index (κ1) is 12.6. The molecule has 0 aliphatic rings. The molecule has 0 fully saturated rings. The molecule has 0 saturated heterocycles. The number of carbonyl (C=O) groups excluding carboxylic acids is 1. The van der Waals surface area contributed by atoms with E-state index in [1.165, 1.54) is 0 Å². The van der Waals surface area contributed by atoms with Crippen molar-refractivity contribution in [1.29, 1.82) is 0 Å². The predicted octanol–water partition coefficient (Wildman–Crippen LogP) is 2.99. The lowest BCUT2D eigenvalue weighted by atomic mass is 10.1. The molecule has 1 N–H and O–H groups in total. The fourth-order valence-electron chi connectivity index (χ4n) is 1.43. The van der Waals surface area contributed by atoms with E-state index in [2.05, 4.69) is 5.32 Å². The van der Waals surface area contributed by atoms with Crippen LogP contribution < -0.4 is 10.1 Å². The Labute approximate surface area is 96.8 Å². The molecule has 16 heavy (non-hydrogen) atoms. The average molecular weight is 221 g/mol. The fourth-order valence-corrected chi connectivity index (χ4v) is 1.43. The summed E-state index contributed by atoms with van der Waals surface area (Å²) in [5, 5.41) is 2.90. The molecule has 3 heteroatoms. The van der Waals surface area contributed by atoms with E-state index in [-0.39, 0.29) is 5.91 Å². The van der Waals surface area contributed by atoms with E-state index in [1.807, 2.05) is 39.0 Å². The number of nitrogens with one attached hydrogen (secondary N) is 1. The zero-order chi connectivity index (χ0) is 12.1. The fraction of sp³-hybridized carbons (Fsp3) is 0.462. The van der Waals surface area contributed by atoms with E-state index >= 15 is 0 Å². The lowest BCUT2D eigenvalue weighted by Gasteiger charge is -2.11. The zero-order valence-corrected chi connectivity index (χ0v) is 10.3. The highest BCUT2D eigenvalue weighted by atomic mass is 16.5. The molecule has 88 valence electrons. The Hall–Kier alpha value is -1.51. The Morgan fingerprint density at radius 3 is 2.69 bits per heavy atom. The molecule has 0 radical (unpaired) electrons. The highest BCUT2D eigenvalue weighted by molar-refractivity contribution is 5.91. The second kappa shape index (κ2) is 5.54. The van der Waals surface area contributed by atoms with E-state index in [9.17, 15) is 4.79 Å². The molecule has 0 spiro atoms. The third kappa shape index (κ3) is 3.57. The highest BCUT2D eigenvalue weighted by Crippen LogP contribution is 2.22. The van der Waals surface area contributed by atoms with Crippen molar-refractivity contribution in [3.8, 4) is 5.75 Å². The number of methoxy groups -OCH3 is 1. The summed E-state index contributed by atoms with van der Waals surface area (Å²) in [7, 11) is 1.62. The van der Waals surface area contributed by atoms with Crippen LogP contribution in [0.15, 0.2) is 18.2 Å². The van der Waals surface area contributed by atoms with Crippen molar-refractivity contribution in [1.82, 2.24) is 0 Å². The summed E-state index contributed by atoms with van der Waals surface area (Å²) >= 11 is 0. The maximum atomic E-state index is 11.6. The number of carbonyl (C=O) groups is 1. The van der Waals surface area contributed by atoms with E-state index in [0.717, 1.165) is 17.0 Å². The molecule has 1 aromatic rings. The third-order valence-corrected chi connectivity index (χ3v) is 2.31. The summed E-state index contributed by atoms with van der Waals surface area (Å²) in [6.45, 7) is 6.01. The summed E-state index contributed by atoms with van der Waals surface area (Å²) in [5.74, 6) is 1.17. The number of hydrogen-bond acceptors (Lipinski definition) is 2. The minimum absolute atomic E-state index is 0.0475. The summed E-state index contributed by atoms with van der Waals surface area (Å²) in [6, 6.07) is 5.66. The molecule has 1 rings (SSSR count). The monoisotopic (exact) mass is 221 g/mol. The molecule has 0 aliphatic heterocycles. The molecule has 3 nitrogen and oxygen atoms in total. The third-order valence-electron chi connectivity index (χ3n) is 2.31. The topological polar surface area (TPSA) is 38.3 Å². The number of aryl methyl sites for hydroxylation is 1. The maximum Gasteiger partial charge on any atom is 0.224 e. The van der Waals surface area contributed by atoms with Gasteiger partial charge in [0.05, 0.1) is 7.11 Å². The summed E-state index contributed by atoms with van der Waals surface area (Å²) in [6.07, 6.45) is 0.538. The minimum Gasteiger partial charge on any atom is -0.497 e. The Morgan fingerprint density at radius 1 is 1.44 bits per heavy atom. The Morgan fingerprint density at radius 2 is 2.12 bits per heavy atom. The van der Waals surface area contributed by atoms with Crippen molar-refractivity contribution in [2.45, 2.75) is 27.2 Å². The van der Waals surface area contributed by atoms with E-state index < -0.39 is 0 Å². The van der Waals surface area contributed by atoms with E-state index in [0.29, 0.717) is 12.3 Å². The van der Waals surface area contributed by atoms with Crippen molar-refractivity contribution in [3.63, 3.8) is 0 Å². The molecular weight excluding hydrogens is 202 g/mol. The molecule has 1 amide bonds. The Bertz CT molecular complexity index is 372. The number of rotatable bonds is 4. The van der Waals surface area contributed by atoms with Crippen LogP contribution in [-0.4, -0.2) is 13.0 Å². The molecule has 0 unspecified atom stereocenters. The lowest BCUT2D eigenvalue weighted by molar-refractivity contribution is -0.116. The second-order valence-corrected chi connectivity index (χ2v) is 4.33. The van der Waals surface area contributed by atoms with Gasteiger partial charge in [0.2, 0.25) is 5.91 Å². The smallest absolute Gasteiger partial charge is 0.224 e. The molecular formula is C13H19NO2. The Balaban J connectivity index is 2.75. The number of ether oxygens (including phenoxy) is 1. The van der Waals surface area contributed by atoms with Gasteiger partial charge in [0.1, 0.15) is 5.75 Å². The van der Waals surface area contributed by atoms with Gasteiger partial charge in [0, 0.05) is 18.2 Å². The highest BCUT2D eigenvalue weighted by Gasteiger charge is 2.07. The predicted molar refractivity (Wildman–Crippen MR) is 65.8 cm³/mol. The normalized spacial score (nSPS) is 10.3. The summed E-state index contributed by atoms with van der Waals surface area (Å²) in [5.41, 5.74) is 1.86. The first-order valence-corrected chi connectivity index (χ1v) is 5.47. The van der Waals surface area contributed by atoms with Gasteiger partial charge in [0.15, 0.2) is 0 Å². The molecule has 0 bridgehead atoms. The number of amides is 1. The van der Waals surface area contributed by atoms with Crippen LogP contribution in [0.25, 0.3) is 0 Å². The molecule has 1 aromatic carbocycles. The van der Waals surface area contributed by atoms with Crippen LogP contribution in [0.1, 0.15) is 25.8 Å². The lowest BCUT2D eigenvalue weighted by Crippen LogP contribution is -2.14. The van der Waals surface area contributed by atoms with Gasteiger partial charge in [-0.3, -0.25) is 4.79 Å². The zero-order valence-electron chi connectivity index (χ0n) is 10.3. The largest absolute Gasteiger partial charge is 0.497 e. The molecule has 0 aliphatic carbocycles. The first-order chi connectivity index (χ1) is 7.52. The van der Waals surface area contributed by atoms with Crippen LogP contribution >= 0.6 is 0 Å². The van der Waals surface area contributed by atoms with Crippen LogP contribution in [0, 0.1) is 12.8 Å². The van der Waals surface area contributed by atoms with Crippen LogP contribution in [0.5, 0.6) is 5.75 Å². The van der Waals surface area contributed by atoms with Crippen LogP contribution in [0.3, 0.4) is 0 Å². The number of anilines is 1. The van der Waals surface area contributed by atoms with Gasteiger partial charge in [0.25, 0.3) is 0 Å². The van der Waals surface area contributed by atoms with Gasteiger partial charge in [-0.1, -0.05) is 19.9 Å². The van der Waals surface area contributed by atoms with Crippen LogP contribution in [-0.2, 0) is 4.79 Å². The summed E-state index contributed by atoms with van der Waals surface area (Å²) in [4.78, 5) is 11.6. The van der Waals surface area contributed by atoms with Gasteiger partial charge in [-0.15, -0.1) is 0 Å². The Kier molecular flexibility index (Phi) is 4.35. The first-order valence-electron chi connectivity index (χ1n) is 5.47. The second-order valence-electron chi connectivity index (χ2n) is 4.33. The van der Waals surface area contributed by atoms with E-state index in [1.54, 1.807) is 7.11 Å². The van der Waals surface area contributed by atoms with Crippen LogP contribution in [0.2, 0.25) is 0 Å².